The van der Waals surface area contributed by atoms with Crippen LogP contribution < -0.4 is 5.32 Å². The van der Waals surface area contributed by atoms with E-state index in [4.69, 9.17) is 0 Å². The average molecular weight is 386 g/mol. The van der Waals surface area contributed by atoms with E-state index in [0.29, 0.717) is 38.2 Å². The lowest BCUT2D eigenvalue weighted by Gasteiger charge is -2.32. The van der Waals surface area contributed by atoms with E-state index in [1.165, 1.54) is 0 Å². The van der Waals surface area contributed by atoms with Gasteiger partial charge in [0.15, 0.2) is 5.69 Å². The van der Waals surface area contributed by atoms with Gasteiger partial charge in [-0.15, -0.1) is 0 Å². The summed E-state index contributed by atoms with van der Waals surface area (Å²) in [6.07, 6.45) is 1.38. The van der Waals surface area contributed by atoms with E-state index in [0.717, 1.165) is 17.4 Å². The zero-order valence-corrected chi connectivity index (χ0v) is 17.3. The van der Waals surface area contributed by atoms with Gasteiger partial charge >= 0.3 is 0 Å². The van der Waals surface area contributed by atoms with Crippen LogP contribution in [0.2, 0.25) is 0 Å². The molecule has 2 heterocycles. The molecule has 1 aliphatic rings. The van der Waals surface area contributed by atoms with Gasteiger partial charge in [0.25, 0.3) is 5.91 Å². The number of nitrogens with one attached hydrogen (secondary N) is 2. The summed E-state index contributed by atoms with van der Waals surface area (Å²) < 4.78 is 0. The highest BCUT2D eigenvalue weighted by molar-refractivity contribution is 6.04. The standard InChI is InChI=1S/C21H31N5O2/c1-21(2,14-25(3)4)13-22-19(27)15-9-11-26(12-10-15)20(28)18-16-7-5-6-8-17(16)23-24-18/h5-8,15H,9-14H2,1-4H3,(H,22,27)(H,23,24). The van der Waals surface area contributed by atoms with E-state index in [1.807, 2.05) is 43.3 Å². The number of hydrogen-bond acceptors (Lipinski definition) is 4. The Kier molecular flexibility index (Phi) is 6.03. The molecule has 1 aromatic carbocycles. The number of hydrogen-bond donors (Lipinski definition) is 2. The molecule has 1 fully saturated rings. The number of para-hydroxylation sites is 1. The average Bonchev–Trinajstić information content (AvgIpc) is 3.09. The summed E-state index contributed by atoms with van der Waals surface area (Å²) in [6.45, 7) is 7.05. The van der Waals surface area contributed by atoms with Crippen LogP contribution in [0.4, 0.5) is 0 Å². The number of aromatic nitrogens is 2. The molecule has 2 aromatic rings. The maximum absolute atomic E-state index is 12.8. The normalized spacial score (nSPS) is 16.0. The number of likely N-dealkylation sites (tertiary alicyclic amines) is 1. The smallest absolute Gasteiger partial charge is 0.274 e. The summed E-state index contributed by atoms with van der Waals surface area (Å²) in [5, 5.41) is 11.1. The van der Waals surface area contributed by atoms with Gasteiger partial charge in [0.05, 0.1) is 5.52 Å². The van der Waals surface area contributed by atoms with Gasteiger partial charge in [-0.25, -0.2) is 0 Å². The molecule has 0 bridgehead atoms. The van der Waals surface area contributed by atoms with Crippen LogP contribution in [0.1, 0.15) is 37.2 Å². The summed E-state index contributed by atoms with van der Waals surface area (Å²) in [4.78, 5) is 29.4. The number of carbonyl (C=O) groups excluding carboxylic acids is 2. The predicted molar refractivity (Wildman–Crippen MR) is 110 cm³/mol. The van der Waals surface area contributed by atoms with Crippen LogP contribution in [-0.2, 0) is 4.79 Å². The Labute approximate surface area is 166 Å². The van der Waals surface area contributed by atoms with Gasteiger partial charge in [0, 0.05) is 37.5 Å². The maximum Gasteiger partial charge on any atom is 0.274 e. The number of aromatic amines is 1. The lowest BCUT2D eigenvalue weighted by molar-refractivity contribution is -0.126. The largest absolute Gasteiger partial charge is 0.355 e. The molecule has 2 N–H and O–H groups in total. The number of nitrogens with zero attached hydrogens (tertiary/aromatic N) is 3. The third-order valence-electron chi connectivity index (χ3n) is 5.31. The molecule has 2 amide bonds. The second kappa shape index (κ2) is 8.31. The Balaban J connectivity index is 1.53. The number of rotatable bonds is 6. The van der Waals surface area contributed by atoms with Crippen LogP contribution in [0.3, 0.4) is 0 Å². The Morgan fingerprint density at radius 2 is 1.93 bits per heavy atom. The highest BCUT2D eigenvalue weighted by atomic mass is 16.2. The molecule has 0 radical (unpaired) electrons. The summed E-state index contributed by atoms with van der Waals surface area (Å²) in [5.74, 6) is 0.00251. The topological polar surface area (TPSA) is 81.3 Å². The highest BCUT2D eigenvalue weighted by Gasteiger charge is 2.30. The second-order valence-corrected chi connectivity index (χ2v) is 8.80. The first-order valence-corrected chi connectivity index (χ1v) is 9.92. The minimum Gasteiger partial charge on any atom is -0.355 e. The highest BCUT2D eigenvalue weighted by Crippen LogP contribution is 2.22. The molecule has 7 nitrogen and oxygen atoms in total. The van der Waals surface area contributed by atoms with Crippen LogP contribution in [-0.4, -0.2) is 72.1 Å². The lowest BCUT2D eigenvalue weighted by atomic mass is 9.91. The van der Waals surface area contributed by atoms with Crippen LogP contribution >= 0.6 is 0 Å². The van der Waals surface area contributed by atoms with Gasteiger partial charge in [0.2, 0.25) is 5.91 Å². The van der Waals surface area contributed by atoms with E-state index >= 15 is 0 Å². The SMILES string of the molecule is CN(C)CC(C)(C)CNC(=O)C1CCN(C(=O)c2n[nH]c3ccccc23)CC1. The summed E-state index contributed by atoms with van der Waals surface area (Å²) in [6, 6.07) is 7.64. The quantitative estimate of drug-likeness (QED) is 0.798. The molecule has 1 saturated heterocycles. The zero-order valence-electron chi connectivity index (χ0n) is 17.3. The van der Waals surface area contributed by atoms with Gasteiger partial charge in [-0.2, -0.15) is 5.10 Å². The molecule has 3 rings (SSSR count). The van der Waals surface area contributed by atoms with Gasteiger partial charge in [0.1, 0.15) is 0 Å². The van der Waals surface area contributed by atoms with Gasteiger partial charge in [-0.3, -0.25) is 14.7 Å². The van der Waals surface area contributed by atoms with Gasteiger partial charge in [-0.05, 0) is 38.4 Å². The minimum absolute atomic E-state index is 0.0246. The molecule has 0 unspecified atom stereocenters. The van der Waals surface area contributed by atoms with Crippen LogP contribution in [0.5, 0.6) is 0 Å². The molecule has 0 aliphatic carbocycles. The van der Waals surface area contributed by atoms with Crippen molar-refractivity contribution in [2.75, 3.05) is 40.3 Å². The first-order valence-electron chi connectivity index (χ1n) is 9.92. The number of fused-ring (bicyclic) bond motifs is 1. The van der Waals surface area contributed by atoms with Crippen molar-refractivity contribution in [3.05, 3.63) is 30.0 Å². The van der Waals surface area contributed by atoms with Crippen molar-refractivity contribution in [3.63, 3.8) is 0 Å². The predicted octanol–water partition coefficient (Wildman–Crippen LogP) is 2.12. The molecule has 1 aromatic heterocycles. The molecule has 28 heavy (non-hydrogen) atoms. The Bertz CT molecular complexity index is 834. The number of piperidine rings is 1. The van der Waals surface area contributed by atoms with Crippen molar-refractivity contribution in [1.29, 1.82) is 0 Å². The van der Waals surface area contributed by atoms with Crippen molar-refractivity contribution in [2.45, 2.75) is 26.7 Å². The fraction of sp³-hybridized carbons (Fsp3) is 0.571. The van der Waals surface area contributed by atoms with E-state index in [-0.39, 0.29) is 23.1 Å². The van der Waals surface area contributed by atoms with Crippen molar-refractivity contribution in [2.24, 2.45) is 11.3 Å². The number of H-pyrrole nitrogens is 1. The van der Waals surface area contributed by atoms with E-state index in [1.54, 1.807) is 0 Å². The first kappa shape index (κ1) is 20.3. The van der Waals surface area contributed by atoms with Crippen LogP contribution in [0.25, 0.3) is 10.9 Å². The first-order chi connectivity index (χ1) is 13.3. The summed E-state index contributed by atoms with van der Waals surface area (Å²) >= 11 is 0. The minimum atomic E-state index is -0.0663. The third-order valence-corrected chi connectivity index (χ3v) is 5.31. The van der Waals surface area contributed by atoms with Crippen LogP contribution in [0.15, 0.2) is 24.3 Å². The van der Waals surface area contributed by atoms with Crippen molar-refractivity contribution >= 4 is 22.7 Å². The van der Waals surface area contributed by atoms with Gasteiger partial charge < -0.3 is 15.1 Å². The molecule has 0 spiro atoms. The number of amides is 2. The molecular formula is C21H31N5O2. The number of benzene rings is 1. The Hall–Kier alpha value is -2.41. The van der Waals surface area contributed by atoms with E-state index < -0.39 is 0 Å². The Morgan fingerprint density at radius 3 is 2.61 bits per heavy atom. The maximum atomic E-state index is 12.8. The molecule has 7 heteroatoms. The molecular weight excluding hydrogens is 354 g/mol. The van der Waals surface area contributed by atoms with Gasteiger partial charge in [-0.1, -0.05) is 32.0 Å². The molecule has 0 atom stereocenters. The Morgan fingerprint density at radius 1 is 1.25 bits per heavy atom. The molecule has 0 saturated carbocycles. The van der Waals surface area contributed by atoms with Crippen molar-refractivity contribution < 1.29 is 9.59 Å². The monoisotopic (exact) mass is 385 g/mol. The fourth-order valence-corrected chi connectivity index (χ4v) is 4.00. The lowest BCUT2D eigenvalue weighted by Crippen LogP contribution is -2.46. The zero-order chi connectivity index (χ0) is 20.3. The van der Waals surface area contributed by atoms with Crippen LogP contribution in [0, 0.1) is 11.3 Å². The molecule has 152 valence electrons. The second-order valence-electron chi connectivity index (χ2n) is 8.80. The number of carbonyl (C=O) groups is 2. The molecule has 1 aliphatic heterocycles. The van der Waals surface area contributed by atoms with E-state index in [2.05, 4.69) is 34.3 Å². The third kappa shape index (κ3) is 4.70. The summed E-state index contributed by atoms with van der Waals surface area (Å²) in [5.41, 5.74) is 1.35. The van der Waals surface area contributed by atoms with E-state index in [9.17, 15) is 9.59 Å². The fourth-order valence-electron chi connectivity index (χ4n) is 4.00. The van der Waals surface area contributed by atoms with Crippen molar-refractivity contribution in [3.8, 4) is 0 Å². The summed E-state index contributed by atoms with van der Waals surface area (Å²) in [7, 11) is 4.08. The van der Waals surface area contributed by atoms with Crippen molar-refractivity contribution in [1.82, 2.24) is 25.3 Å².